The predicted octanol–water partition coefficient (Wildman–Crippen LogP) is 3.16. The molecule has 88 valence electrons. The predicted molar refractivity (Wildman–Crippen MR) is 64.6 cm³/mol. The average Bonchev–Trinajstić information content (AvgIpc) is 2.30. The zero-order valence-electron chi connectivity index (χ0n) is 10.1. The van der Waals surface area contributed by atoms with E-state index in [1.54, 1.807) is 24.1 Å². The summed E-state index contributed by atoms with van der Waals surface area (Å²) in [5.41, 5.74) is 0. The number of amides is 1. The van der Waals surface area contributed by atoms with Gasteiger partial charge in [-0.3, -0.25) is 0 Å². The number of nitrogens with zero attached hydrogens (tertiary/aromatic N) is 1. The van der Waals surface area contributed by atoms with E-state index in [9.17, 15) is 4.79 Å². The molecule has 3 nitrogen and oxygen atoms in total. The molecule has 16 heavy (non-hydrogen) atoms. The molecule has 0 spiro atoms. The van der Waals surface area contributed by atoms with Crippen LogP contribution >= 0.6 is 0 Å². The molecule has 0 N–H and O–H groups in total. The minimum absolute atomic E-state index is 0.300. The van der Waals surface area contributed by atoms with Gasteiger partial charge in [-0.1, -0.05) is 38.5 Å². The van der Waals surface area contributed by atoms with Gasteiger partial charge in [0.25, 0.3) is 0 Å². The molecule has 1 rings (SSSR count). The van der Waals surface area contributed by atoms with Gasteiger partial charge >= 0.3 is 6.09 Å². The molecule has 1 aromatic carbocycles. The summed E-state index contributed by atoms with van der Waals surface area (Å²) in [5, 5.41) is 0. The first-order valence-corrected chi connectivity index (χ1v) is 5.61. The van der Waals surface area contributed by atoms with Crippen LogP contribution in [0.25, 0.3) is 0 Å². The van der Waals surface area contributed by atoms with E-state index in [2.05, 4.69) is 13.8 Å². The van der Waals surface area contributed by atoms with E-state index < -0.39 is 0 Å². The molecule has 0 aliphatic heterocycles. The van der Waals surface area contributed by atoms with Crippen LogP contribution in [0.2, 0.25) is 0 Å². The zero-order valence-corrected chi connectivity index (χ0v) is 10.1. The topological polar surface area (TPSA) is 29.5 Å². The summed E-state index contributed by atoms with van der Waals surface area (Å²) in [6.45, 7) is 4.95. The Kier molecular flexibility index (Phi) is 4.83. The lowest BCUT2D eigenvalue weighted by molar-refractivity contribution is 0.156. The van der Waals surface area contributed by atoms with Crippen molar-refractivity contribution in [1.82, 2.24) is 4.90 Å². The van der Waals surface area contributed by atoms with Crippen molar-refractivity contribution in [1.29, 1.82) is 0 Å². The maximum Gasteiger partial charge on any atom is 0.414 e. The first-order chi connectivity index (χ1) is 7.63. The lowest BCUT2D eigenvalue weighted by atomic mass is 10.1. The Morgan fingerprint density at radius 1 is 1.38 bits per heavy atom. The Labute approximate surface area is 97.0 Å². The number of para-hydroxylation sites is 1. The molecular formula is C13H19NO2. The fourth-order valence-electron chi connectivity index (χ4n) is 1.34. The van der Waals surface area contributed by atoms with E-state index in [1.165, 1.54) is 0 Å². The third kappa shape index (κ3) is 3.93. The number of benzene rings is 1. The van der Waals surface area contributed by atoms with Crippen LogP contribution in [0.15, 0.2) is 30.3 Å². The summed E-state index contributed by atoms with van der Waals surface area (Å²) in [5.74, 6) is 1.08. The number of hydrogen-bond donors (Lipinski definition) is 0. The molecular weight excluding hydrogens is 202 g/mol. The highest BCUT2D eigenvalue weighted by Gasteiger charge is 2.13. The highest BCUT2D eigenvalue weighted by Crippen LogP contribution is 2.11. The van der Waals surface area contributed by atoms with Crippen LogP contribution in [0.1, 0.15) is 20.3 Å². The fraction of sp³-hybridized carbons (Fsp3) is 0.462. The summed E-state index contributed by atoms with van der Waals surface area (Å²) >= 11 is 0. The Hall–Kier alpha value is -1.51. The molecule has 3 heteroatoms. The molecule has 0 radical (unpaired) electrons. The molecule has 0 aliphatic rings. The van der Waals surface area contributed by atoms with Gasteiger partial charge in [-0.15, -0.1) is 0 Å². The van der Waals surface area contributed by atoms with Crippen LogP contribution in [-0.2, 0) is 0 Å². The molecule has 0 saturated carbocycles. The van der Waals surface area contributed by atoms with Crippen LogP contribution in [0.4, 0.5) is 4.79 Å². The van der Waals surface area contributed by atoms with Crippen molar-refractivity contribution in [3.8, 4) is 5.75 Å². The largest absolute Gasteiger partial charge is 0.414 e. The van der Waals surface area contributed by atoms with Gasteiger partial charge in [0, 0.05) is 13.6 Å². The Morgan fingerprint density at radius 3 is 2.56 bits per heavy atom. The van der Waals surface area contributed by atoms with Crippen LogP contribution in [0.5, 0.6) is 5.75 Å². The Morgan fingerprint density at radius 2 is 2.00 bits per heavy atom. The van der Waals surface area contributed by atoms with Gasteiger partial charge in [-0.05, 0) is 18.1 Å². The summed E-state index contributed by atoms with van der Waals surface area (Å²) in [6.07, 6.45) is 0.759. The maximum absolute atomic E-state index is 11.7. The minimum Gasteiger partial charge on any atom is -0.410 e. The number of rotatable bonds is 4. The Balaban J connectivity index is 2.46. The van der Waals surface area contributed by atoms with Crippen LogP contribution in [0, 0.1) is 5.92 Å². The van der Waals surface area contributed by atoms with E-state index in [0.29, 0.717) is 11.7 Å². The van der Waals surface area contributed by atoms with E-state index >= 15 is 0 Å². The second-order valence-corrected chi connectivity index (χ2v) is 4.07. The van der Waals surface area contributed by atoms with Gasteiger partial charge in [0.2, 0.25) is 0 Å². The van der Waals surface area contributed by atoms with Crippen LogP contribution in [-0.4, -0.2) is 24.6 Å². The van der Waals surface area contributed by atoms with E-state index in [1.807, 2.05) is 18.2 Å². The standard InChI is InChI=1S/C13H19NO2/c1-4-11(2)10-14(3)13(15)16-12-8-6-5-7-9-12/h5-9,11H,4,10H2,1-3H3. The molecule has 1 unspecified atom stereocenters. The molecule has 1 aromatic rings. The van der Waals surface area contributed by atoms with Gasteiger partial charge in [-0.2, -0.15) is 0 Å². The van der Waals surface area contributed by atoms with Gasteiger partial charge in [0.15, 0.2) is 0 Å². The molecule has 1 amide bonds. The highest BCUT2D eigenvalue weighted by atomic mass is 16.6. The molecule has 0 fully saturated rings. The van der Waals surface area contributed by atoms with Crippen LogP contribution < -0.4 is 4.74 Å². The normalized spacial score (nSPS) is 11.9. The summed E-state index contributed by atoms with van der Waals surface area (Å²) in [6, 6.07) is 9.12. The number of ether oxygens (including phenoxy) is 1. The smallest absolute Gasteiger partial charge is 0.410 e. The van der Waals surface area contributed by atoms with Gasteiger partial charge in [0.05, 0.1) is 0 Å². The van der Waals surface area contributed by atoms with E-state index in [-0.39, 0.29) is 6.09 Å². The van der Waals surface area contributed by atoms with E-state index in [0.717, 1.165) is 13.0 Å². The minimum atomic E-state index is -0.300. The van der Waals surface area contributed by atoms with Gasteiger partial charge in [0.1, 0.15) is 5.75 Å². The first kappa shape index (κ1) is 12.6. The van der Waals surface area contributed by atoms with Gasteiger partial charge in [-0.25, -0.2) is 4.79 Å². The second kappa shape index (κ2) is 6.16. The number of carbonyl (C=O) groups excluding carboxylic acids is 1. The SMILES string of the molecule is CCC(C)CN(C)C(=O)Oc1ccccc1. The number of carbonyl (C=O) groups is 1. The molecule has 0 aliphatic carbocycles. The lowest BCUT2D eigenvalue weighted by Gasteiger charge is -2.20. The summed E-state index contributed by atoms with van der Waals surface area (Å²) < 4.78 is 5.21. The third-order valence-electron chi connectivity index (χ3n) is 2.54. The van der Waals surface area contributed by atoms with Crippen molar-refractivity contribution < 1.29 is 9.53 Å². The maximum atomic E-state index is 11.7. The van der Waals surface area contributed by atoms with Crippen molar-refractivity contribution in [3.05, 3.63) is 30.3 Å². The van der Waals surface area contributed by atoms with Crippen molar-refractivity contribution in [2.45, 2.75) is 20.3 Å². The van der Waals surface area contributed by atoms with E-state index in [4.69, 9.17) is 4.74 Å². The Bertz CT molecular complexity index is 324. The zero-order chi connectivity index (χ0) is 12.0. The van der Waals surface area contributed by atoms with Gasteiger partial charge < -0.3 is 9.64 Å². The van der Waals surface area contributed by atoms with Crippen molar-refractivity contribution in [2.75, 3.05) is 13.6 Å². The van der Waals surface area contributed by atoms with Crippen molar-refractivity contribution >= 4 is 6.09 Å². The lowest BCUT2D eigenvalue weighted by Crippen LogP contribution is -2.33. The monoisotopic (exact) mass is 221 g/mol. The highest BCUT2D eigenvalue weighted by molar-refractivity contribution is 5.70. The number of hydrogen-bond acceptors (Lipinski definition) is 2. The summed E-state index contributed by atoms with van der Waals surface area (Å²) in [4.78, 5) is 13.3. The second-order valence-electron chi connectivity index (χ2n) is 4.07. The average molecular weight is 221 g/mol. The molecule has 0 aromatic heterocycles. The molecule has 1 atom stereocenters. The van der Waals surface area contributed by atoms with Crippen molar-refractivity contribution in [2.24, 2.45) is 5.92 Å². The van der Waals surface area contributed by atoms with Crippen LogP contribution in [0.3, 0.4) is 0 Å². The molecule has 0 saturated heterocycles. The fourth-order valence-corrected chi connectivity index (χ4v) is 1.34. The molecule has 0 bridgehead atoms. The van der Waals surface area contributed by atoms with Crippen molar-refractivity contribution in [3.63, 3.8) is 0 Å². The third-order valence-corrected chi connectivity index (χ3v) is 2.54. The quantitative estimate of drug-likeness (QED) is 0.781. The molecule has 0 heterocycles. The first-order valence-electron chi connectivity index (χ1n) is 5.61. The summed E-state index contributed by atoms with van der Waals surface area (Å²) in [7, 11) is 1.76.